The van der Waals surface area contributed by atoms with Gasteiger partial charge in [-0.3, -0.25) is 4.79 Å². The summed E-state index contributed by atoms with van der Waals surface area (Å²) in [5.74, 6) is 0.212. The Balaban J connectivity index is 2.80. The molecular formula is C12H16O3. The lowest BCUT2D eigenvalue weighted by atomic mass is 10.1. The molecule has 15 heavy (non-hydrogen) atoms. The van der Waals surface area contributed by atoms with Gasteiger partial charge in [-0.2, -0.15) is 0 Å². The SMILES string of the molecule is CCOCc1ccc(O)c(CC(C)=O)c1. The van der Waals surface area contributed by atoms with Crippen molar-refractivity contribution in [1.82, 2.24) is 0 Å². The van der Waals surface area contributed by atoms with Crippen LogP contribution < -0.4 is 0 Å². The van der Waals surface area contributed by atoms with Gasteiger partial charge in [0.05, 0.1) is 6.61 Å². The number of phenols is 1. The van der Waals surface area contributed by atoms with Crippen molar-refractivity contribution in [2.45, 2.75) is 26.9 Å². The predicted octanol–water partition coefficient (Wildman–Crippen LogP) is 2.06. The van der Waals surface area contributed by atoms with Gasteiger partial charge in [-0.15, -0.1) is 0 Å². The number of aromatic hydroxyl groups is 1. The predicted molar refractivity (Wildman–Crippen MR) is 57.8 cm³/mol. The molecule has 0 radical (unpaired) electrons. The molecule has 0 aliphatic heterocycles. The largest absolute Gasteiger partial charge is 0.508 e. The van der Waals surface area contributed by atoms with Crippen LogP contribution in [0.3, 0.4) is 0 Å². The Morgan fingerprint density at radius 2 is 2.20 bits per heavy atom. The van der Waals surface area contributed by atoms with Crippen LogP contribution in [-0.4, -0.2) is 17.5 Å². The first kappa shape index (κ1) is 11.7. The lowest BCUT2D eigenvalue weighted by molar-refractivity contribution is -0.116. The zero-order chi connectivity index (χ0) is 11.3. The first-order chi connectivity index (χ1) is 7.13. The molecule has 0 spiro atoms. The summed E-state index contributed by atoms with van der Waals surface area (Å²) >= 11 is 0. The molecule has 1 aromatic rings. The Hall–Kier alpha value is -1.35. The van der Waals surface area contributed by atoms with Crippen molar-refractivity contribution in [2.75, 3.05) is 6.61 Å². The van der Waals surface area contributed by atoms with Crippen molar-refractivity contribution in [1.29, 1.82) is 0 Å². The Morgan fingerprint density at radius 1 is 1.47 bits per heavy atom. The maximum absolute atomic E-state index is 10.9. The minimum Gasteiger partial charge on any atom is -0.508 e. The van der Waals surface area contributed by atoms with Crippen LogP contribution in [0.15, 0.2) is 18.2 Å². The molecule has 1 aromatic carbocycles. The number of hydrogen-bond acceptors (Lipinski definition) is 3. The van der Waals surface area contributed by atoms with Crippen LogP contribution >= 0.6 is 0 Å². The summed E-state index contributed by atoms with van der Waals surface area (Å²) in [4.78, 5) is 10.9. The lowest BCUT2D eigenvalue weighted by Gasteiger charge is -2.06. The summed E-state index contributed by atoms with van der Waals surface area (Å²) in [6, 6.07) is 5.22. The molecule has 82 valence electrons. The van der Waals surface area contributed by atoms with Gasteiger partial charge in [-0.05, 0) is 31.5 Å². The fourth-order valence-corrected chi connectivity index (χ4v) is 1.36. The number of carbonyl (C=O) groups is 1. The van der Waals surface area contributed by atoms with E-state index in [4.69, 9.17) is 4.74 Å². The van der Waals surface area contributed by atoms with Crippen molar-refractivity contribution in [3.8, 4) is 5.75 Å². The van der Waals surface area contributed by atoms with Crippen LogP contribution in [0.25, 0.3) is 0 Å². The molecule has 0 saturated carbocycles. The van der Waals surface area contributed by atoms with Gasteiger partial charge in [0.1, 0.15) is 11.5 Å². The smallest absolute Gasteiger partial charge is 0.134 e. The average Bonchev–Trinajstić information content (AvgIpc) is 2.18. The molecule has 0 amide bonds. The van der Waals surface area contributed by atoms with E-state index in [2.05, 4.69) is 0 Å². The highest BCUT2D eigenvalue weighted by Crippen LogP contribution is 2.19. The molecule has 1 rings (SSSR count). The topological polar surface area (TPSA) is 46.5 Å². The molecule has 0 saturated heterocycles. The molecule has 0 unspecified atom stereocenters. The number of ketones is 1. The first-order valence-electron chi connectivity index (χ1n) is 5.01. The molecule has 0 aromatic heterocycles. The van der Waals surface area contributed by atoms with Crippen molar-refractivity contribution < 1.29 is 14.6 Å². The molecule has 0 heterocycles. The van der Waals surface area contributed by atoms with Crippen LogP contribution in [0.5, 0.6) is 5.75 Å². The molecule has 0 bridgehead atoms. The zero-order valence-electron chi connectivity index (χ0n) is 9.12. The van der Waals surface area contributed by atoms with Crippen LogP contribution in [0.2, 0.25) is 0 Å². The third kappa shape index (κ3) is 3.72. The molecule has 0 fully saturated rings. The van der Waals surface area contributed by atoms with Gasteiger partial charge >= 0.3 is 0 Å². The number of hydrogen-bond donors (Lipinski definition) is 1. The van der Waals surface area contributed by atoms with E-state index in [0.717, 1.165) is 5.56 Å². The van der Waals surface area contributed by atoms with Gasteiger partial charge in [0.25, 0.3) is 0 Å². The number of rotatable bonds is 5. The van der Waals surface area contributed by atoms with Crippen molar-refractivity contribution >= 4 is 5.78 Å². The van der Waals surface area contributed by atoms with Gasteiger partial charge in [0.2, 0.25) is 0 Å². The van der Waals surface area contributed by atoms with Gasteiger partial charge in [0, 0.05) is 18.6 Å². The standard InChI is InChI=1S/C12H16O3/c1-3-15-8-10-4-5-12(14)11(7-10)6-9(2)13/h4-5,7,14H,3,6,8H2,1-2H3. The van der Waals surface area contributed by atoms with Crippen LogP contribution in [0, 0.1) is 0 Å². The summed E-state index contributed by atoms with van der Waals surface area (Å²) < 4.78 is 5.25. The third-order valence-electron chi connectivity index (χ3n) is 2.06. The summed E-state index contributed by atoms with van der Waals surface area (Å²) in [5, 5.41) is 9.52. The highest BCUT2D eigenvalue weighted by Gasteiger charge is 2.05. The second-order valence-electron chi connectivity index (χ2n) is 3.48. The zero-order valence-corrected chi connectivity index (χ0v) is 9.12. The summed E-state index contributed by atoms with van der Waals surface area (Å²) in [6.07, 6.45) is 0.270. The van der Waals surface area contributed by atoms with E-state index < -0.39 is 0 Å². The number of carbonyl (C=O) groups excluding carboxylic acids is 1. The molecule has 1 N–H and O–H groups in total. The summed E-state index contributed by atoms with van der Waals surface area (Å²) in [7, 11) is 0. The normalized spacial score (nSPS) is 10.3. The average molecular weight is 208 g/mol. The van der Waals surface area contributed by atoms with E-state index in [9.17, 15) is 9.90 Å². The van der Waals surface area contributed by atoms with Crippen molar-refractivity contribution in [3.63, 3.8) is 0 Å². The van der Waals surface area contributed by atoms with E-state index >= 15 is 0 Å². The molecule has 0 aliphatic carbocycles. The highest BCUT2D eigenvalue weighted by molar-refractivity contribution is 5.78. The Morgan fingerprint density at radius 3 is 2.80 bits per heavy atom. The Labute approximate surface area is 89.7 Å². The van der Waals surface area contributed by atoms with E-state index in [1.54, 1.807) is 12.1 Å². The quantitative estimate of drug-likeness (QED) is 0.805. The molecule has 0 atom stereocenters. The Bertz CT molecular complexity index is 345. The monoisotopic (exact) mass is 208 g/mol. The number of benzene rings is 1. The fourth-order valence-electron chi connectivity index (χ4n) is 1.36. The van der Waals surface area contributed by atoms with Crippen LogP contribution in [-0.2, 0) is 22.6 Å². The molecule has 3 heteroatoms. The van der Waals surface area contributed by atoms with Crippen molar-refractivity contribution in [3.05, 3.63) is 29.3 Å². The van der Waals surface area contributed by atoms with Crippen LogP contribution in [0.1, 0.15) is 25.0 Å². The van der Waals surface area contributed by atoms with Gasteiger partial charge in [-0.1, -0.05) is 6.07 Å². The van der Waals surface area contributed by atoms with Gasteiger partial charge in [0.15, 0.2) is 0 Å². The highest BCUT2D eigenvalue weighted by atomic mass is 16.5. The van der Waals surface area contributed by atoms with Crippen molar-refractivity contribution in [2.24, 2.45) is 0 Å². The molecular weight excluding hydrogens is 192 g/mol. The lowest BCUT2D eigenvalue weighted by Crippen LogP contribution is -1.99. The van der Waals surface area contributed by atoms with E-state index in [-0.39, 0.29) is 18.0 Å². The Kier molecular flexibility index (Phi) is 4.31. The number of phenolic OH excluding ortho intramolecular Hbond substituents is 1. The fraction of sp³-hybridized carbons (Fsp3) is 0.417. The van der Waals surface area contributed by atoms with Gasteiger partial charge in [-0.25, -0.2) is 0 Å². The van der Waals surface area contributed by atoms with Crippen LogP contribution in [0.4, 0.5) is 0 Å². The minimum absolute atomic E-state index is 0.0406. The number of Topliss-reactive ketones (excluding diaryl/α,β-unsaturated/α-hetero) is 1. The van der Waals surface area contributed by atoms with Gasteiger partial charge < -0.3 is 9.84 Å². The second-order valence-corrected chi connectivity index (χ2v) is 3.48. The molecule has 3 nitrogen and oxygen atoms in total. The summed E-state index contributed by atoms with van der Waals surface area (Å²) in [6.45, 7) is 4.61. The van der Waals surface area contributed by atoms with E-state index in [0.29, 0.717) is 18.8 Å². The third-order valence-corrected chi connectivity index (χ3v) is 2.06. The number of ether oxygens (including phenoxy) is 1. The maximum Gasteiger partial charge on any atom is 0.134 e. The second kappa shape index (κ2) is 5.51. The summed E-state index contributed by atoms with van der Waals surface area (Å²) in [5.41, 5.74) is 1.64. The first-order valence-corrected chi connectivity index (χ1v) is 5.01. The van der Waals surface area contributed by atoms with E-state index in [1.165, 1.54) is 6.92 Å². The minimum atomic E-state index is 0.0406. The maximum atomic E-state index is 10.9. The van der Waals surface area contributed by atoms with E-state index in [1.807, 2.05) is 13.0 Å². The molecule has 0 aliphatic rings.